The molecule has 5 rings (SSSR count). The van der Waals surface area contributed by atoms with Gasteiger partial charge in [-0.15, -0.1) is 11.3 Å². The molecule has 0 spiro atoms. The summed E-state index contributed by atoms with van der Waals surface area (Å²) in [5.41, 5.74) is 1.86. The number of piperazine rings is 1. The summed E-state index contributed by atoms with van der Waals surface area (Å²) < 4.78 is 29.7. The molecule has 0 aliphatic carbocycles. The molecule has 8 nitrogen and oxygen atoms in total. The fourth-order valence-corrected chi connectivity index (χ4v) is 6.58. The molecule has 1 N–H and O–H groups in total. The van der Waals surface area contributed by atoms with Gasteiger partial charge in [-0.25, -0.2) is 13.4 Å². The minimum atomic E-state index is -3.70. The normalized spacial score (nSPS) is 17.4. The van der Waals surface area contributed by atoms with Crippen molar-refractivity contribution in [2.24, 2.45) is 0 Å². The second-order valence-electron chi connectivity index (χ2n) is 8.87. The number of halogens is 1. The lowest BCUT2D eigenvalue weighted by Gasteiger charge is -2.42. The van der Waals surface area contributed by atoms with E-state index in [-0.39, 0.29) is 22.9 Å². The number of benzene rings is 2. The number of amides is 1. The Morgan fingerprint density at radius 2 is 1.94 bits per heavy atom. The number of carbonyl (C=O) groups excluding carboxylic acids is 1. The van der Waals surface area contributed by atoms with Crippen LogP contribution in [-0.2, 0) is 14.8 Å². The van der Waals surface area contributed by atoms with E-state index in [4.69, 9.17) is 11.6 Å². The zero-order valence-corrected chi connectivity index (χ0v) is 22.2. The summed E-state index contributed by atoms with van der Waals surface area (Å²) >= 11 is 7.42. The quantitative estimate of drug-likeness (QED) is 0.375. The van der Waals surface area contributed by atoms with E-state index in [1.807, 2.05) is 53.8 Å². The zero-order valence-electron chi connectivity index (χ0n) is 19.8. The molecule has 0 saturated carbocycles. The van der Waals surface area contributed by atoms with Crippen LogP contribution in [0, 0.1) is 0 Å². The second-order valence-corrected chi connectivity index (χ2v) is 11.9. The topological polar surface area (TPSA) is 87.5 Å². The number of sulfonamides is 1. The highest BCUT2D eigenvalue weighted by molar-refractivity contribution is 7.93. The predicted octanol–water partition coefficient (Wildman–Crippen LogP) is 4.85. The number of fused-ring (bicyclic) bond motifs is 1. The van der Waals surface area contributed by atoms with E-state index < -0.39 is 10.0 Å². The van der Waals surface area contributed by atoms with Gasteiger partial charge in [-0.2, -0.15) is 0 Å². The Bertz CT molecular complexity index is 1490. The van der Waals surface area contributed by atoms with Crippen LogP contribution >= 0.6 is 22.9 Å². The van der Waals surface area contributed by atoms with E-state index in [9.17, 15) is 13.2 Å². The van der Waals surface area contributed by atoms with E-state index in [0.717, 1.165) is 16.6 Å². The Labute approximate surface area is 219 Å². The van der Waals surface area contributed by atoms with Gasteiger partial charge in [-0.1, -0.05) is 17.7 Å². The molecule has 1 fully saturated rings. The van der Waals surface area contributed by atoms with E-state index in [1.54, 1.807) is 35.8 Å². The van der Waals surface area contributed by atoms with Crippen LogP contribution in [0.1, 0.15) is 19.9 Å². The molecule has 2 aromatic carbocycles. The molecule has 11 heteroatoms. The van der Waals surface area contributed by atoms with Crippen molar-refractivity contribution in [1.29, 1.82) is 0 Å². The van der Waals surface area contributed by atoms with Crippen LogP contribution in [0.2, 0.25) is 5.02 Å². The fourth-order valence-electron chi connectivity index (χ4n) is 4.62. The Hall–Kier alpha value is -3.08. The van der Waals surface area contributed by atoms with E-state index >= 15 is 0 Å². The smallest absolute Gasteiger partial charge is 0.263 e. The zero-order chi connectivity index (χ0) is 25.4. The minimum Gasteiger partial charge on any atom is -0.368 e. The molecule has 3 heterocycles. The average molecular weight is 544 g/mol. The Morgan fingerprint density at radius 1 is 1.17 bits per heavy atom. The maximum Gasteiger partial charge on any atom is 0.263 e. The molecule has 188 valence electrons. The van der Waals surface area contributed by atoms with Crippen LogP contribution < -0.4 is 9.62 Å². The van der Waals surface area contributed by atoms with Gasteiger partial charge in [0.2, 0.25) is 5.91 Å². The van der Waals surface area contributed by atoms with E-state index in [2.05, 4.69) is 14.6 Å². The highest BCUT2D eigenvalue weighted by Crippen LogP contribution is 2.27. The van der Waals surface area contributed by atoms with Gasteiger partial charge in [0.15, 0.2) is 5.13 Å². The second kappa shape index (κ2) is 9.76. The standard InChI is InChI=1S/C25H26ClN5O3S2/c1-17-16-29(21-5-7-22(8-6-21)36(33,34)28-25-27-10-14-35-25)12-13-30(17)24(32)18(2)31-11-9-19-3-4-20(26)15-23(19)31/h3-11,14-15,17-18H,12-13,16H2,1-2H3,(H,27,28)/t17?,18-/m0/s1. The van der Waals surface area contributed by atoms with Gasteiger partial charge in [0, 0.05) is 54.2 Å². The van der Waals surface area contributed by atoms with Gasteiger partial charge < -0.3 is 14.4 Å². The Balaban J connectivity index is 1.26. The Morgan fingerprint density at radius 3 is 2.64 bits per heavy atom. The number of thiazole rings is 1. The Kier molecular flexibility index (Phi) is 6.67. The fraction of sp³-hybridized carbons (Fsp3) is 0.280. The molecule has 1 unspecified atom stereocenters. The highest BCUT2D eigenvalue weighted by Gasteiger charge is 2.31. The summed E-state index contributed by atoms with van der Waals surface area (Å²) in [5.74, 6) is 0.0642. The van der Waals surface area contributed by atoms with Crippen LogP contribution in [0.4, 0.5) is 10.8 Å². The first-order valence-corrected chi connectivity index (χ1v) is 14.3. The van der Waals surface area contributed by atoms with Crippen LogP contribution in [0.25, 0.3) is 10.9 Å². The number of hydrogen-bond donors (Lipinski definition) is 1. The molecule has 0 radical (unpaired) electrons. The molecule has 36 heavy (non-hydrogen) atoms. The third-order valence-corrected chi connectivity index (χ3v) is 8.94. The maximum absolute atomic E-state index is 13.4. The summed E-state index contributed by atoms with van der Waals surface area (Å²) in [7, 11) is -3.70. The van der Waals surface area contributed by atoms with E-state index in [0.29, 0.717) is 29.8 Å². The summed E-state index contributed by atoms with van der Waals surface area (Å²) in [6, 6.07) is 14.1. The van der Waals surface area contributed by atoms with Crippen LogP contribution in [0.5, 0.6) is 0 Å². The van der Waals surface area contributed by atoms with Crippen molar-refractivity contribution in [3.05, 3.63) is 71.3 Å². The molecule has 1 aliphatic rings. The number of anilines is 2. The van der Waals surface area contributed by atoms with Crippen molar-refractivity contribution < 1.29 is 13.2 Å². The van der Waals surface area contributed by atoms with Gasteiger partial charge in [-0.3, -0.25) is 9.52 Å². The molecule has 4 aromatic rings. The SMILES string of the molecule is CC1CN(c2ccc(S(=O)(=O)Nc3nccs3)cc2)CCN1C(=O)[C@H](C)n1ccc2ccc(Cl)cc21. The summed E-state index contributed by atoms with van der Waals surface area (Å²) in [4.78, 5) is 21.7. The molecule has 1 saturated heterocycles. The van der Waals surface area contributed by atoms with Crippen molar-refractivity contribution in [2.45, 2.75) is 30.8 Å². The monoisotopic (exact) mass is 543 g/mol. The maximum atomic E-state index is 13.4. The number of nitrogens with one attached hydrogen (secondary N) is 1. The van der Waals surface area contributed by atoms with Crippen molar-refractivity contribution in [2.75, 3.05) is 29.3 Å². The van der Waals surface area contributed by atoms with Crippen LogP contribution in [-0.4, -0.2) is 54.5 Å². The number of aromatic nitrogens is 2. The number of nitrogens with zero attached hydrogens (tertiary/aromatic N) is 4. The lowest BCUT2D eigenvalue weighted by molar-refractivity contribution is -0.136. The third-order valence-electron chi connectivity index (χ3n) is 6.54. The predicted molar refractivity (Wildman–Crippen MR) is 144 cm³/mol. The van der Waals surface area contributed by atoms with E-state index in [1.165, 1.54) is 11.3 Å². The molecule has 1 amide bonds. The molecular weight excluding hydrogens is 518 g/mol. The molecule has 2 atom stereocenters. The van der Waals surface area contributed by atoms with Crippen LogP contribution in [0.3, 0.4) is 0 Å². The summed E-state index contributed by atoms with van der Waals surface area (Å²) in [6.45, 7) is 5.85. The lowest BCUT2D eigenvalue weighted by Crippen LogP contribution is -2.55. The highest BCUT2D eigenvalue weighted by atomic mass is 35.5. The summed E-state index contributed by atoms with van der Waals surface area (Å²) in [5, 5.41) is 3.73. The molecule has 1 aliphatic heterocycles. The minimum absolute atomic E-state index is 0.00547. The number of carbonyl (C=O) groups is 1. The van der Waals surface area contributed by atoms with Gasteiger partial charge >= 0.3 is 0 Å². The largest absolute Gasteiger partial charge is 0.368 e. The van der Waals surface area contributed by atoms with Crippen molar-refractivity contribution in [3.63, 3.8) is 0 Å². The molecule has 2 aromatic heterocycles. The van der Waals surface area contributed by atoms with Gasteiger partial charge in [0.05, 0.1) is 10.4 Å². The first-order chi connectivity index (χ1) is 17.2. The molecular formula is C25H26ClN5O3S2. The van der Waals surface area contributed by atoms with Gasteiger partial charge in [0.1, 0.15) is 6.04 Å². The van der Waals surface area contributed by atoms with Crippen molar-refractivity contribution in [1.82, 2.24) is 14.5 Å². The van der Waals surface area contributed by atoms with Gasteiger partial charge in [0.25, 0.3) is 10.0 Å². The number of rotatable bonds is 6. The number of hydrogen-bond acceptors (Lipinski definition) is 6. The third kappa shape index (κ3) is 4.80. The average Bonchev–Trinajstić information content (AvgIpc) is 3.52. The van der Waals surface area contributed by atoms with Gasteiger partial charge in [-0.05, 0) is 61.7 Å². The summed E-state index contributed by atoms with van der Waals surface area (Å²) in [6.07, 6.45) is 3.48. The first kappa shape index (κ1) is 24.6. The van der Waals surface area contributed by atoms with Crippen LogP contribution in [0.15, 0.2) is 71.2 Å². The first-order valence-electron chi connectivity index (χ1n) is 11.6. The lowest BCUT2D eigenvalue weighted by atomic mass is 10.1. The molecule has 0 bridgehead atoms. The van der Waals surface area contributed by atoms with Crippen molar-refractivity contribution in [3.8, 4) is 0 Å². The van der Waals surface area contributed by atoms with Crippen molar-refractivity contribution >= 4 is 60.6 Å².